The van der Waals surface area contributed by atoms with Crippen molar-refractivity contribution < 1.29 is 14.3 Å². The summed E-state index contributed by atoms with van der Waals surface area (Å²) in [6.45, 7) is 6.16. The quantitative estimate of drug-likeness (QED) is 0.665. The van der Waals surface area contributed by atoms with Gasteiger partial charge in [0.2, 0.25) is 12.7 Å². The summed E-state index contributed by atoms with van der Waals surface area (Å²) in [5, 5.41) is 5.35. The average molecular weight is 396 g/mol. The van der Waals surface area contributed by atoms with Crippen LogP contribution in [-0.2, 0) is 11.3 Å². The summed E-state index contributed by atoms with van der Waals surface area (Å²) < 4.78 is 13.8. The molecule has 2 unspecified atom stereocenters. The molecule has 8 nitrogen and oxygen atoms in total. The van der Waals surface area contributed by atoms with E-state index in [1.165, 1.54) is 4.68 Å². The number of aryl methyl sites for hydroxylation is 1. The molecule has 0 spiro atoms. The first-order chi connectivity index (χ1) is 13.9. The molecule has 3 aromatic rings. The van der Waals surface area contributed by atoms with Crippen molar-refractivity contribution in [3.05, 3.63) is 34.2 Å². The van der Waals surface area contributed by atoms with Gasteiger partial charge in [-0.2, -0.15) is 0 Å². The minimum atomic E-state index is -0.321. The van der Waals surface area contributed by atoms with E-state index in [9.17, 15) is 9.59 Å². The average Bonchev–Trinajstić information content (AvgIpc) is 3.25. The Balaban J connectivity index is 1.60. The van der Waals surface area contributed by atoms with E-state index in [-0.39, 0.29) is 37.0 Å². The molecule has 2 atom stereocenters. The number of carbonyl (C=O) groups is 1. The molecule has 1 saturated heterocycles. The molecule has 1 amide bonds. The zero-order chi connectivity index (χ0) is 20.3. The first-order valence-corrected chi connectivity index (χ1v) is 10.1. The Kier molecular flexibility index (Phi) is 4.04. The zero-order valence-electron chi connectivity index (χ0n) is 16.8. The highest BCUT2D eigenvalue weighted by Crippen LogP contribution is 2.36. The highest BCUT2D eigenvalue weighted by atomic mass is 16.7. The number of likely N-dealkylation sites (tertiary alicyclic amines) is 1. The van der Waals surface area contributed by atoms with Crippen molar-refractivity contribution in [2.75, 3.05) is 6.79 Å². The number of ether oxygens (including phenoxy) is 2. The summed E-state index contributed by atoms with van der Waals surface area (Å²) in [6.07, 6.45) is 3.11. The van der Waals surface area contributed by atoms with Crippen molar-refractivity contribution in [3.8, 4) is 11.5 Å². The van der Waals surface area contributed by atoms with Crippen molar-refractivity contribution in [1.82, 2.24) is 19.1 Å². The standard InChI is InChI=1S/C21H24N4O4/c1-12-7-15-8-17-18(29-11-28-17)9-16(15)25-20(12)22-23(21(25)27)10-19(26)24-13(2)5-4-6-14(24)3/h7-9,13-14H,4-6,10-11H2,1-3H3. The van der Waals surface area contributed by atoms with Crippen LogP contribution in [0.4, 0.5) is 0 Å². The lowest BCUT2D eigenvalue weighted by molar-refractivity contribution is -0.138. The molecule has 29 heavy (non-hydrogen) atoms. The van der Waals surface area contributed by atoms with Crippen LogP contribution in [0.2, 0.25) is 0 Å². The number of pyridine rings is 1. The number of carbonyl (C=O) groups excluding carboxylic acids is 1. The summed E-state index contributed by atoms with van der Waals surface area (Å²) in [6, 6.07) is 6.01. The molecule has 8 heteroatoms. The number of piperidine rings is 1. The number of hydrogen-bond acceptors (Lipinski definition) is 5. The molecule has 5 rings (SSSR count). The summed E-state index contributed by atoms with van der Waals surface area (Å²) in [7, 11) is 0. The number of fused-ring (bicyclic) bond motifs is 4. The third-order valence-electron chi connectivity index (χ3n) is 6.09. The lowest BCUT2D eigenvalue weighted by atomic mass is 9.97. The van der Waals surface area contributed by atoms with Crippen LogP contribution >= 0.6 is 0 Å². The number of benzene rings is 1. The lowest BCUT2D eigenvalue weighted by Gasteiger charge is -2.39. The van der Waals surface area contributed by atoms with E-state index in [0.717, 1.165) is 30.2 Å². The molecular formula is C21H24N4O4. The Bertz CT molecular complexity index is 1190. The van der Waals surface area contributed by atoms with E-state index < -0.39 is 0 Å². The number of hydrogen-bond donors (Lipinski definition) is 0. The molecule has 2 aromatic heterocycles. The molecule has 0 N–H and O–H groups in total. The highest BCUT2D eigenvalue weighted by molar-refractivity contribution is 5.87. The van der Waals surface area contributed by atoms with Gasteiger partial charge in [-0.05, 0) is 57.7 Å². The molecule has 152 valence electrons. The summed E-state index contributed by atoms with van der Waals surface area (Å²) in [5.74, 6) is 1.21. The van der Waals surface area contributed by atoms with Crippen LogP contribution in [0.3, 0.4) is 0 Å². The molecular weight excluding hydrogens is 372 g/mol. The van der Waals surface area contributed by atoms with Crippen molar-refractivity contribution in [2.45, 2.75) is 58.7 Å². The van der Waals surface area contributed by atoms with Gasteiger partial charge in [-0.1, -0.05) is 0 Å². The minimum Gasteiger partial charge on any atom is -0.454 e. The monoisotopic (exact) mass is 396 g/mol. The molecule has 0 radical (unpaired) electrons. The fourth-order valence-electron chi connectivity index (χ4n) is 4.66. The van der Waals surface area contributed by atoms with Gasteiger partial charge in [0.15, 0.2) is 17.1 Å². The van der Waals surface area contributed by atoms with E-state index in [2.05, 4.69) is 18.9 Å². The van der Waals surface area contributed by atoms with Crippen molar-refractivity contribution in [2.24, 2.45) is 0 Å². The van der Waals surface area contributed by atoms with Crippen LogP contribution in [0.25, 0.3) is 16.6 Å². The number of aromatic nitrogens is 3. The molecule has 0 bridgehead atoms. The van der Waals surface area contributed by atoms with E-state index >= 15 is 0 Å². The van der Waals surface area contributed by atoms with Gasteiger partial charge in [-0.3, -0.25) is 4.79 Å². The molecule has 2 aliphatic heterocycles. The maximum Gasteiger partial charge on any atom is 0.351 e. The number of nitrogens with zero attached hydrogens (tertiary/aromatic N) is 4. The molecule has 2 aliphatic rings. The minimum absolute atomic E-state index is 0.0549. The van der Waals surface area contributed by atoms with E-state index in [1.807, 2.05) is 24.0 Å². The van der Waals surface area contributed by atoms with Gasteiger partial charge in [0.05, 0.1) is 5.52 Å². The van der Waals surface area contributed by atoms with Crippen molar-refractivity contribution >= 4 is 22.5 Å². The maximum absolute atomic E-state index is 13.2. The third-order valence-corrected chi connectivity index (χ3v) is 6.09. The van der Waals surface area contributed by atoms with Gasteiger partial charge in [0, 0.05) is 23.5 Å². The van der Waals surface area contributed by atoms with E-state index in [4.69, 9.17) is 9.47 Å². The molecule has 1 fully saturated rings. The van der Waals surface area contributed by atoms with Crippen molar-refractivity contribution in [1.29, 1.82) is 0 Å². The van der Waals surface area contributed by atoms with Crippen LogP contribution in [0, 0.1) is 6.92 Å². The fraction of sp³-hybridized carbons (Fsp3) is 0.476. The molecule has 4 heterocycles. The van der Waals surface area contributed by atoms with E-state index in [1.54, 1.807) is 10.5 Å². The van der Waals surface area contributed by atoms with Crippen molar-refractivity contribution in [3.63, 3.8) is 0 Å². The molecule has 1 aromatic carbocycles. The normalized spacial score (nSPS) is 21.3. The first kappa shape index (κ1) is 18.0. The molecule has 0 aliphatic carbocycles. The van der Waals surface area contributed by atoms with Crippen LogP contribution in [-0.4, -0.2) is 43.9 Å². The number of rotatable bonds is 2. The second-order valence-corrected chi connectivity index (χ2v) is 8.12. The summed E-state index contributed by atoms with van der Waals surface area (Å²) >= 11 is 0. The predicted molar refractivity (Wildman–Crippen MR) is 107 cm³/mol. The molecule has 0 saturated carbocycles. The van der Waals surface area contributed by atoms with Gasteiger partial charge in [-0.15, -0.1) is 5.10 Å². The van der Waals surface area contributed by atoms with Crippen LogP contribution in [0.5, 0.6) is 11.5 Å². The van der Waals surface area contributed by atoms with Crippen LogP contribution in [0.15, 0.2) is 23.0 Å². The van der Waals surface area contributed by atoms with Gasteiger partial charge < -0.3 is 14.4 Å². The summed E-state index contributed by atoms with van der Waals surface area (Å²) in [4.78, 5) is 28.1. The smallest absolute Gasteiger partial charge is 0.351 e. The Morgan fingerprint density at radius 3 is 2.55 bits per heavy atom. The van der Waals surface area contributed by atoms with Crippen LogP contribution in [0.1, 0.15) is 38.7 Å². The third kappa shape index (κ3) is 2.77. The Morgan fingerprint density at radius 2 is 1.83 bits per heavy atom. The lowest BCUT2D eigenvalue weighted by Crippen LogP contribution is -2.49. The predicted octanol–water partition coefficient (Wildman–Crippen LogP) is 2.48. The second kappa shape index (κ2) is 6.50. The Morgan fingerprint density at radius 1 is 1.14 bits per heavy atom. The zero-order valence-corrected chi connectivity index (χ0v) is 16.8. The highest BCUT2D eigenvalue weighted by Gasteiger charge is 2.30. The topological polar surface area (TPSA) is 78.1 Å². The van der Waals surface area contributed by atoms with Gasteiger partial charge in [-0.25, -0.2) is 13.9 Å². The van der Waals surface area contributed by atoms with E-state index in [0.29, 0.717) is 22.7 Å². The van der Waals surface area contributed by atoms with Gasteiger partial charge in [0.1, 0.15) is 6.54 Å². The Hall–Kier alpha value is -3.03. The largest absolute Gasteiger partial charge is 0.454 e. The van der Waals surface area contributed by atoms with Gasteiger partial charge >= 0.3 is 5.69 Å². The second-order valence-electron chi connectivity index (χ2n) is 8.12. The fourth-order valence-corrected chi connectivity index (χ4v) is 4.66. The van der Waals surface area contributed by atoms with Gasteiger partial charge in [0.25, 0.3) is 0 Å². The summed E-state index contributed by atoms with van der Waals surface area (Å²) in [5.41, 5.74) is 1.78. The SMILES string of the molecule is Cc1cc2cc3c(cc2n2c(=O)n(CC(=O)N4C(C)CCCC4C)nc12)OCO3. The Labute approximate surface area is 167 Å². The maximum atomic E-state index is 13.2. The van der Waals surface area contributed by atoms with Crippen LogP contribution < -0.4 is 15.2 Å². The number of amides is 1. The first-order valence-electron chi connectivity index (χ1n) is 10.1.